The van der Waals surface area contributed by atoms with E-state index in [9.17, 15) is 4.39 Å². The number of hydrogen-bond donors (Lipinski definition) is 0. The average Bonchev–Trinajstić information content (AvgIpc) is 2.92. The molecule has 23 heavy (non-hydrogen) atoms. The van der Waals surface area contributed by atoms with Gasteiger partial charge in [-0.1, -0.05) is 30.3 Å². The van der Waals surface area contributed by atoms with Gasteiger partial charge in [0.2, 0.25) is 0 Å². The molecule has 3 aromatic rings. The molecule has 0 fully saturated rings. The molecule has 1 aromatic heterocycles. The van der Waals surface area contributed by atoms with Crippen LogP contribution in [-0.2, 0) is 12.4 Å². The van der Waals surface area contributed by atoms with Gasteiger partial charge in [-0.15, -0.1) is 21.8 Å². The number of alkyl halides is 1. The first-order valence-corrected chi connectivity index (χ1v) is 7.71. The molecule has 0 amide bonds. The Labute approximate surface area is 137 Å². The molecule has 2 aromatic carbocycles. The lowest BCUT2D eigenvalue weighted by atomic mass is 10.00. The molecule has 1 aliphatic heterocycles. The SMILES string of the molecule is Fc1ccccc1C1=NCc2nnc(CCl)n2-c2ccccc21. The number of para-hydroxylation sites is 1. The van der Waals surface area contributed by atoms with E-state index in [1.807, 2.05) is 28.8 Å². The summed E-state index contributed by atoms with van der Waals surface area (Å²) in [5, 5.41) is 8.27. The zero-order valence-corrected chi connectivity index (χ0v) is 12.8. The maximum absolute atomic E-state index is 14.3. The van der Waals surface area contributed by atoms with Crippen LogP contribution < -0.4 is 0 Å². The van der Waals surface area contributed by atoms with Gasteiger partial charge in [-0.2, -0.15) is 0 Å². The van der Waals surface area contributed by atoms with E-state index in [0.717, 1.165) is 11.3 Å². The van der Waals surface area contributed by atoms with Crippen molar-refractivity contribution >= 4 is 17.3 Å². The Morgan fingerprint density at radius 3 is 2.52 bits per heavy atom. The Balaban J connectivity index is 1.99. The van der Waals surface area contributed by atoms with Gasteiger partial charge in [-0.05, 0) is 18.2 Å². The van der Waals surface area contributed by atoms with Crippen LogP contribution in [0.2, 0.25) is 0 Å². The fraction of sp³-hybridized carbons (Fsp3) is 0.118. The topological polar surface area (TPSA) is 43.1 Å². The van der Waals surface area contributed by atoms with Gasteiger partial charge in [0, 0.05) is 11.1 Å². The number of benzene rings is 2. The average molecular weight is 327 g/mol. The van der Waals surface area contributed by atoms with Gasteiger partial charge in [0.05, 0.1) is 17.3 Å². The van der Waals surface area contributed by atoms with Crippen molar-refractivity contribution < 1.29 is 4.39 Å². The highest BCUT2D eigenvalue weighted by molar-refractivity contribution is 6.17. The molecule has 0 saturated heterocycles. The summed E-state index contributed by atoms with van der Waals surface area (Å²) >= 11 is 5.98. The molecule has 4 rings (SSSR count). The highest BCUT2D eigenvalue weighted by Gasteiger charge is 2.23. The van der Waals surface area contributed by atoms with Crippen molar-refractivity contribution in [3.05, 3.63) is 77.1 Å². The van der Waals surface area contributed by atoms with Crippen LogP contribution in [0.25, 0.3) is 5.69 Å². The van der Waals surface area contributed by atoms with E-state index >= 15 is 0 Å². The van der Waals surface area contributed by atoms with Gasteiger partial charge in [-0.25, -0.2) is 4.39 Å². The summed E-state index contributed by atoms with van der Waals surface area (Å²) in [6.45, 7) is 0.322. The molecule has 6 heteroatoms. The highest BCUT2D eigenvalue weighted by atomic mass is 35.5. The highest BCUT2D eigenvalue weighted by Crippen LogP contribution is 2.26. The minimum atomic E-state index is -0.295. The lowest BCUT2D eigenvalue weighted by Crippen LogP contribution is -2.10. The Hall–Kier alpha value is -2.53. The fourth-order valence-corrected chi connectivity index (χ4v) is 2.98. The van der Waals surface area contributed by atoms with Gasteiger partial charge in [0.1, 0.15) is 12.4 Å². The first-order valence-electron chi connectivity index (χ1n) is 7.18. The van der Waals surface area contributed by atoms with Gasteiger partial charge < -0.3 is 0 Å². The smallest absolute Gasteiger partial charge is 0.159 e. The van der Waals surface area contributed by atoms with E-state index in [4.69, 9.17) is 11.6 Å². The summed E-state index contributed by atoms with van der Waals surface area (Å²) < 4.78 is 16.2. The largest absolute Gasteiger partial charge is 0.280 e. The predicted molar refractivity (Wildman–Crippen MR) is 86.7 cm³/mol. The molecule has 0 N–H and O–H groups in total. The zero-order valence-electron chi connectivity index (χ0n) is 12.1. The van der Waals surface area contributed by atoms with E-state index in [-0.39, 0.29) is 11.7 Å². The van der Waals surface area contributed by atoms with Gasteiger partial charge in [-0.3, -0.25) is 9.56 Å². The summed E-state index contributed by atoms with van der Waals surface area (Å²) in [5.41, 5.74) is 2.79. The lowest BCUT2D eigenvalue weighted by Gasteiger charge is -2.12. The second-order valence-corrected chi connectivity index (χ2v) is 5.43. The Kier molecular flexibility index (Phi) is 3.42. The Morgan fingerprint density at radius 1 is 1.00 bits per heavy atom. The summed E-state index contributed by atoms with van der Waals surface area (Å²) in [6, 6.07) is 14.3. The molecule has 0 aliphatic carbocycles. The summed E-state index contributed by atoms with van der Waals surface area (Å²) in [4.78, 5) is 4.59. The van der Waals surface area contributed by atoms with Crippen molar-refractivity contribution in [2.45, 2.75) is 12.4 Å². The molecule has 0 atom stereocenters. The standard InChI is InChI=1S/C17H12ClFN4/c18-9-15-21-22-16-10-20-17(11-5-1-3-7-13(11)19)12-6-2-4-8-14(12)23(15)16/h1-8H,9-10H2. The van der Waals surface area contributed by atoms with Crippen LogP contribution in [0.15, 0.2) is 53.5 Å². The fourth-order valence-electron chi connectivity index (χ4n) is 2.81. The minimum Gasteiger partial charge on any atom is -0.280 e. The molecule has 0 radical (unpaired) electrons. The maximum Gasteiger partial charge on any atom is 0.159 e. The molecule has 0 unspecified atom stereocenters. The van der Waals surface area contributed by atoms with E-state index in [1.54, 1.807) is 18.2 Å². The van der Waals surface area contributed by atoms with Gasteiger partial charge >= 0.3 is 0 Å². The second kappa shape index (κ2) is 5.59. The normalized spacial score (nSPS) is 13.0. The van der Waals surface area contributed by atoms with Crippen molar-refractivity contribution in [1.82, 2.24) is 14.8 Å². The summed E-state index contributed by atoms with van der Waals surface area (Å²) in [7, 11) is 0. The molecule has 0 saturated carbocycles. The van der Waals surface area contributed by atoms with E-state index in [2.05, 4.69) is 15.2 Å². The lowest BCUT2D eigenvalue weighted by molar-refractivity contribution is 0.625. The second-order valence-electron chi connectivity index (χ2n) is 5.16. The van der Waals surface area contributed by atoms with Crippen molar-refractivity contribution in [2.24, 2.45) is 4.99 Å². The van der Waals surface area contributed by atoms with Crippen molar-refractivity contribution in [3.8, 4) is 5.69 Å². The number of rotatable bonds is 2. The number of halogens is 2. The van der Waals surface area contributed by atoms with E-state index < -0.39 is 0 Å². The molecule has 4 nitrogen and oxygen atoms in total. The zero-order chi connectivity index (χ0) is 15.8. The van der Waals surface area contributed by atoms with Gasteiger partial charge in [0.25, 0.3) is 0 Å². The number of aliphatic imine (C=N–C) groups is 1. The Bertz CT molecular complexity index is 916. The van der Waals surface area contributed by atoms with Gasteiger partial charge in [0.15, 0.2) is 11.6 Å². The third-order valence-electron chi connectivity index (χ3n) is 3.82. The third kappa shape index (κ3) is 2.24. The molecular formula is C17H12ClFN4. The molecular weight excluding hydrogens is 315 g/mol. The third-order valence-corrected chi connectivity index (χ3v) is 4.06. The summed E-state index contributed by atoms with van der Waals surface area (Å²) in [6.07, 6.45) is 0. The first kappa shape index (κ1) is 14.1. The van der Waals surface area contributed by atoms with Crippen LogP contribution in [-0.4, -0.2) is 20.5 Å². The molecule has 0 bridgehead atoms. The monoisotopic (exact) mass is 326 g/mol. The van der Waals surface area contributed by atoms with Crippen LogP contribution >= 0.6 is 11.6 Å². The van der Waals surface area contributed by atoms with Crippen molar-refractivity contribution in [2.75, 3.05) is 0 Å². The first-order chi connectivity index (χ1) is 11.3. The van der Waals surface area contributed by atoms with Crippen LogP contribution in [0.3, 0.4) is 0 Å². The number of aromatic nitrogens is 3. The van der Waals surface area contributed by atoms with Crippen LogP contribution in [0.5, 0.6) is 0 Å². The molecule has 2 heterocycles. The van der Waals surface area contributed by atoms with Crippen LogP contribution in [0.4, 0.5) is 4.39 Å². The van der Waals surface area contributed by atoms with E-state index in [0.29, 0.717) is 29.5 Å². The summed E-state index contributed by atoms with van der Waals surface area (Å²) in [5.74, 6) is 1.30. The minimum absolute atomic E-state index is 0.246. The Morgan fingerprint density at radius 2 is 1.74 bits per heavy atom. The van der Waals surface area contributed by atoms with Crippen molar-refractivity contribution in [3.63, 3.8) is 0 Å². The van der Waals surface area contributed by atoms with E-state index in [1.165, 1.54) is 6.07 Å². The predicted octanol–water partition coefficient (Wildman–Crippen LogP) is 3.50. The number of nitrogens with zero attached hydrogens (tertiary/aromatic N) is 4. The number of fused-ring (bicyclic) bond motifs is 3. The quantitative estimate of drug-likeness (QED) is 0.676. The van der Waals surface area contributed by atoms with Crippen LogP contribution in [0, 0.1) is 5.82 Å². The number of hydrogen-bond acceptors (Lipinski definition) is 3. The van der Waals surface area contributed by atoms with Crippen LogP contribution in [0.1, 0.15) is 22.8 Å². The maximum atomic E-state index is 14.3. The molecule has 0 spiro atoms. The molecule has 1 aliphatic rings. The molecule has 114 valence electrons. The van der Waals surface area contributed by atoms with Crippen molar-refractivity contribution in [1.29, 1.82) is 0 Å².